The van der Waals surface area contributed by atoms with Gasteiger partial charge < -0.3 is 4.42 Å². The van der Waals surface area contributed by atoms with Crippen LogP contribution in [-0.4, -0.2) is 10.9 Å². The zero-order chi connectivity index (χ0) is 19.7. The lowest BCUT2D eigenvalue weighted by atomic mass is 10.1. The number of carbonyl (C=O) groups excluding carboxylic acids is 1. The van der Waals surface area contributed by atoms with Crippen LogP contribution in [0, 0.1) is 11.6 Å². The lowest BCUT2D eigenvalue weighted by Crippen LogP contribution is -2.21. The minimum Gasteiger partial charge on any atom is -0.438 e. The van der Waals surface area contributed by atoms with Crippen molar-refractivity contribution in [2.45, 2.75) is 0 Å². The highest BCUT2D eigenvalue weighted by Gasteiger charge is 2.15. The fourth-order valence-electron chi connectivity index (χ4n) is 2.48. The number of aromatic nitrogens is 1. The molecule has 0 saturated carbocycles. The highest BCUT2D eigenvalue weighted by Crippen LogP contribution is 2.22. The number of benzene rings is 2. The monoisotopic (exact) mass is 417 g/mol. The predicted molar refractivity (Wildman–Crippen MR) is 103 cm³/mol. The number of thiazole rings is 1. The first-order chi connectivity index (χ1) is 13.5. The second-order valence-corrected chi connectivity index (χ2v) is 6.98. The Hall–Kier alpha value is -3.10. The van der Waals surface area contributed by atoms with E-state index < -0.39 is 17.5 Å². The molecule has 1 N–H and O–H groups in total. The summed E-state index contributed by atoms with van der Waals surface area (Å²) in [7, 11) is 0. The maximum absolute atomic E-state index is 14.0. The van der Waals surface area contributed by atoms with Crippen molar-refractivity contribution in [2.24, 2.45) is 4.99 Å². The molecule has 0 atom stereocenters. The van der Waals surface area contributed by atoms with Crippen molar-refractivity contribution in [3.63, 3.8) is 0 Å². The van der Waals surface area contributed by atoms with Gasteiger partial charge in [-0.15, -0.1) is 11.3 Å². The van der Waals surface area contributed by atoms with Gasteiger partial charge in [0.25, 0.3) is 5.91 Å². The summed E-state index contributed by atoms with van der Waals surface area (Å²) in [5.74, 6) is -2.15. The molecule has 1 amide bonds. The molecular formula is C19H10ClF2N3O2S. The lowest BCUT2D eigenvalue weighted by molar-refractivity contribution is 0.102. The minimum absolute atomic E-state index is 0.0497. The Bertz CT molecular complexity index is 1260. The molecule has 0 unspecified atom stereocenters. The zero-order valence-electron chi connectivity index (χ0n) is 13.9. The van der Waals surface area contributed by atoms with E-state index in [4.69, 9.17) is 16.0 Å². The van der Waals surface area contributed by atoms with Crippen molar-refractivity contribution in [3.05, 3.63) is 81.8 Å². The molecule has 28 heavy (non-hydrogen) atoms. The summed E-state index contributed by atoms with van der Waals surface area (Å²) in [6.07, 6.45) is 1.55. The van der Waals surface area contributed by atoms with Crippen LogP contribution >= 0.6 is 22.9 Å². The molecule has 9 heteroatoms. The number of fused-ring (bicyclic) bond motifs is 1. The van der Waals surface area contributed by atoms with Gasteiger partial charge in [-0.05, 0) is 36.4 Å². The number of anilines is 1. The Morgan fingerprint density at radius 3 is 2.79 bits per heavy atom. The first-order valence-corrected chi connectivity index (χ1v) is 9.19. The number of nitrogens with zero attached hydrogens (tertiary/aromatic N) is 2. The topological polar surface area (TPSA) is 67.5 Å². The van der Waals surface area contributed by atoms with Crippen LogP contribution in [0.25, 0.3) is 11.0 Å². The van der Waals surface area contributed by atoms with Gasteiger partial charge in [0.15, 0.2) is 10.9 Å². The molecule has 2 heterocycles. The first-order valence-electron chi connectivity index (χ1n) is 7.93. The Labute approximate surface area is 165 Å². The van der Waals surface area contributed by atoms with E-state index in [0.29, 0.717) is 27.2 Å². The van der Waals surface area contributed by atoms with Crippen LogP contribution in [-0.2, 0) is 0 Å². The molecule has 0 fully saturated rings. The van der Waals surface area contributed by atoms with Crippen LogP contribution in [0.15, 0.2) is 63.5 Å². The van der Waals surface area contributed by atoms with Gasteiger partial charge in [-0.2, -0.15) is 0 Å². The number of rotatable bonds is 3. The molecular weight excluding hydrogens is 408 g/mol. The van der Waals surface area contributed by atoms with Crippen molar-refractivity contribution < 1.29 is 18.0 Å². The second-order valence-electron chi connectivity index (χ2n) is 5.65. The quantitative estimate of drug-likeness (QED) is 0.491. The Balaban J connectivity index is 1.90. The van der Waals surface area contributed by atoms with Crippen LogP contribution in [0.2, 0.25) is 5.02 Å². The largest absolute Gasteiger partial charge is 0.438 e. The maximum Gasteiger partial charge on any atom is 0.262 e. The number of nitrogens with one attached hydrogen (secondary N) is 1. The molecule has 5 nitrogen and oxygen atoms in total. The van der Waals surface area contributed by atoms with Gasteiger partial charge in [0.1, 0.15) is 22.7 Å². The van der Waals surface area contributed by atoms with Crippen molar-refractivity contribution in [2.75, 3.05) is 5.32 Å². The molecule has 0 aliphatic heterocycles. The van der Waals surface area contributed by atoms with Gasteiger partial charge in [0.2, 0.25) is 5.55 Å². The highest BCUT2D eigenvalue weighted by molar-refractivity contribution is 7.13. The molecule has 0 saturated heterocycles. The molecule has 0 radical (unpaired) electrons. The van der Waals surface area contributed by atoms with Gasteiger partial charge in [0.05, 0.1) is 0 Å². The summed E-state index contributed by atoms with van der Waals surface area (Å²) in [6, 6.07) is 9.32. The first kappa shape index (κ1) is 18.3. The molecule has 0 aliphatic carbocycles. The van der Waals surface area contributed by atoms with Gasteiger partial charge in [-0.25, -0.2) is 18.8 Å². The molecule has 4 rings (SSSR count). The number of hydrogen-bond donors (Lipinski definition) is 1. The third kappa shape index (κ3) is 3.78. The van der Waals surface area contributed by atoms with E-state index in [9.17, 15) is 13.6 Å². The van der Waals surface area contributed by atoms with E-state index in [1.807, 2.05) is 0 Å². The van der Waals surface area contributed by atoms with E-state index in [1.54, 1.807) is 29.8 Å². The summed E-state index contributed by atoms with van der Waals surface area (Å²) in [6.45, 7) is 0. The average Bonchev–Trinajstić information content (AvgIpc) is 3.16. The van der Waals surface area contributed by atoms with Crippen molar-refractivity contribution in [1.29, 1.82) is 0 Å². The third-order valence-corrected chi connectivity index (χ3v) is 4.66. The summed E-state index contributed by atoms with van der Waals surface area (Å²) < 4.78 is 32.9. The fourth-order valence-corrected chi connectivity index (χ4v) is 3.18. The van der Waals surface area contributed by atoms with Gasteiger partial charge in [0, 0.05) is 28.1 Å². The molecule has 2 aromatic heterocycles. The fraction of sp³-hybridized carbons (Fsp3) is 0. The van der Waals surface area contributed by atoms with Gasteiger partial charge in [-0.3, -0.25) is 10.1 Å². The Kier molecular flexibility index (Phi) is 4.89. The summed E-state index contributed by atoms with van der Waals surface area (Å²) >= 11 is 7.25. The maximum atomic E-state index is 14.0. The van der Waals surface area contributed by atoms with Crippen molar-refractivity contribution in [1.82, 2.24) is 4.98 Å². The van der Waals surface area contributed by atoms with Crippen LogP contribution in [0.5, 0.6) is 0 Å². The van der Waals surface area contributed by atoms with Crippen molar-refractivity contribution >= 4 is 50.6 Å². The van der Waals surface area contributed by atoms with E-state index in [1.165, 1.54) is 17.4 Å². The van der Waals surface area contributed by atoms with Crippen LogP contribution in [0.1, 0.15) is 10.4 Å². The SMILES string of the molecule is O=C(Nc1nccs1)c1cc2cc(Cl)ccc2oc1=Nc1ccc(F)cc1F. The smallest absolute Gasteiger partial charge is 0.262 e. The van der Waals surface area contributed by atoms with Crippen LogP contribution in [0.3, 0.4) is 0 Å². The standard InChI is InChI=1S/C19H10ClF2N3O2S/c20-11-1-4-16-10(7-11)8-13(17(26)25-19-23-5-6-28-19)18(27-16)24-15-3-2-12(21)9-14(15)22/h1-9H,(H,23,25,26). The van der Waals surface area contributed by atoms with Gasteiger partial charge in [-0.1, -0.05) is 11.6 Å². The normalized spacial score (nSPS) is 11.8. The number of carbonyl (C=O) groups is 1. The number of halogens is 3. The Morgan fingerprint density at radius 2 is 2.04 bits per heavy atom. The molecule has 0 aliphatic rings. The van der Waals surface area contributed by atoms with E-state index >= 15 is 0 Å². The minimum atomic E-state index is -0.877. The summed E-state index contributed by atoms with van der Waals surface area (Å²) in [5, 5.41) is 5.75. The van der Waals surface area contributed by atoms with Gasteiger partial charge >= 0.3 is 0 Å². The highest BCUT2D eigenvalue weighted by atomic mass is 35.5. The number of amides is 1. The second kappa shape index (κ2) is 7.49. The molecule has 0 bridgehead atoms. The van der Waals surface area contributed by atoms with E-state index in [2.05, 4.69) is 15.3 Å². The van der Waals surface area contributed by atoms with E-state index in [0.717, 1.165) is 12.1 Å². The van der Waals surface area contributed by atoms with Crippen LogP contribution in [0.4, 0.5) is 19.6 Å². The van der Waals surface area contributed by atoms with Crippen molar-refractivity contribution in [3.8, 4) is 0 Å². The average molecular weight is 418 g/mol. The lowest BCUT2D eigenvalue weighted by Gasteiger charge is -2.06. The third-order valence-electron chi connectivity index (χ3n) is 3.74. The summed E-state index contributed by atoms with van der Waals surface area (Å²) in [4.78, 5) is 20.8. The summed E-state index contributed by atoms with van der Waals surface area (Å²) in [5.41, 5.74) is 0.154. The van der Waals surface area contributed by atoms with E-state index in [-0.39, 0.29) is 16.8 Å². The Morgan fingerprint density at radius 1 is 1.18 bits per heavy atom. The number of hydrogen-bond acceptors (Lipinski definition) is 5. The molecule has 140 valence electrons. The van der Waals surface area contributed by atoms with Crippen LogP contribution < -0.4 is 10.9 Å². The predicted octanol–water partition coefficient (Wildman–Crippen LogP) is 5.31. The zero-order valence-corrected chi connectivity index (χ0v) is 15.5. The molecule has 2 aromatic carbocycles. The molecule has 4 aromatic rings. The molecule has 0 spiro atoms.